The number of nitrogens with one attached hydrogen (secondary N) is 1. The van der Waals surface area contributed by atoms with Crippen molar-refractivity contribution in [2.75, 3.05) is 14.1 Å². The SMILES string of the molecule is CN(C)[C@@H]1C(=O)C(C(N)=O)C(=O)[C@@]2(O)C(=O)C3C(=O)c4c(O)cc(CN[C@@H]5CC6CCC5(C)C6(C)C)c(F)c4C[C@H]3C[C@@H]12. The molecule has 0 radical (unpaired) electrons. The van der Waals surface area contributed by atoms with Crippen LogP contribution >= 0.6 is 0 Å². The second kappa shape index (κ2) is 9.49. The van der Waals surface area contributed by atoms with E-state index in [9.17, 15) is 34.2 Å². The molecule has 232 valence electrons. The third kappa shape index (κ3) is 3.77. The van der Waals surface area contributed by atoms with Gasteiger partial charge in [0.1, 0.15) is 11.6 Å². The second-order valence-electron chi connectivity index (χ2n) is 14.6. The highest BCUT2D eigenvalue weighted by Crippen LogP contribution is 2.65. The van der Waals surface area contributed by atoms with Crippen molar-refractivity contribution in [3.63, 3.8) is 0 Å². The van der Waals surface area contributed by atoms with Gasteiger partial charge in [-0.3, -0.25) is 28.9 Å². The van der Waals surface area contributed by atoms with Crippen LogP contribution in [-0.2, 0) is 32.1 Å². The highest BCUT2D eigenvalue weighted by Gasteiger charge is 2.69. The largest absolute Gasteiger partial charge is 0.507 e. The fourth-order valence-corrected chi connectivity index (χ4v) is 9.58. The second-order valence-corrected chi connectivity index (χ2v) is 14.6. The number of fused-ring (bicyclic) bond motifs is 5. The van der Waals surface area contributed by atoms with Gasteiger partial charge in [-0.15, -0.1) is 0 Å². The lowest BCUT2D eigenvalue weighted by atomic mass is 9.52. The van der Waals surface area contributed by atoms with Crippen LogP contribution in [0.4, 0.5) is 4.39 Å². The molecule has 4 fully saturated rings. The third-order valence-corrected chi connectivity index (χ3v) is 12.4. The molecule has 5 aliphatic carbocycles. The summed E-state index contributed by atoms with van der Waals surface area (Å²) in [6, 6.07) is 0.176. The topological polar surface area (TPSA) is 167 Å². The summed E-state index contributed by atoms with van der Waals surface area (Å²) in [6.45, 7) is 6.99. The van der Waals surface area contributed by atoms with Crippen molar-refractivity contribution in [2.45, 2.75) is 77.1 Å². The first-order chi connectivity index (χ1) is 20.0. The van der Waals surface area contributed by atoms with E-state index in [1.165, 1.54) is 31.5 Å². The molecule has 10 nitrogen and oxygen atoms in total. The van der Waals surface area contributed by atoms with Crippen molar-refractivity contribution in [2.24, 2.45) is 46.2 Å². The first-order valence-electron chi connectivity index (χ1n) is 15.1. The summed E-state index contributed by atoms with van der Waals surface area (Å²) in [5.41, 5.74) is 2.62. The molecule has 0 heterocycles. The molecule has 0 spiro atoms. The van der Waals surface area contributed by atoms with Crippen molar-refractivity contribution < 1.29 is 38.6 Å². The normalized spacial score (nSPS) is 39.6. The van der Waals surface area contributed by atoms with E-state index in [1.807, 2.05) is 0 Å². The molecule has 6 rings (SSSR count). The number of phenolic OH excluding ortho intramolecular Hbond substituents is 1. The number of nitrogens with two attached hydrogens (primary N) is 1. The molecule has 5 N–H and O–H groups in total. The number of amides is 1. The summed E-state index contributed by atoms with van der Waals surface area (Å²) in [7, 11) is 3.03. The lowest BCUT2D eigenvalue weighted by molar-refractivity contribution is -0.181. The standard InChI is InChI=1S/C32H40FN3O7/c1-30(2)15-6-7-31(30,3)19(11-15)35-12-14-10-18(37)21-16(23(14)33)8-13-9-17-24(36(4)5)26(39)22(29(34)42)28(41)32(17,43)27(40)20(13)25(21)38/h10,13,15,17,19-20,22,24,35,37,43H,6-9,11-12H2,1-5H3,(H2,34,42)/t13-,15?,17-,19+,20?,22?,24-,31?,32-/m0/s1. The number of ketones is 4. The minimum absolute atomic E-state index is 0.00866. The number of halogens is 1. The summed E-state index contributed by atoms with van der Waals surface area (Å²) in [5, 5.41) is 26.2. The molecular formula is C32H40FN3O7. The number of carbonyl (C=O) groups excluding carboxylic acids is 5. The monoisotopic (exact) mass is 597 g/mol. The van der Waals surface area contributed by atoms with Crippen LogP contribution in [0.5, 0.6) is 5.75 Å². The van der Waals surface area contributed by atoms with Gasteiger partial charge in [-0.2, -0.15) is 0 Å². The van der Waals surface area contributed by atoms with Gasteiger partial charge in [-0.05, 0) is 74.9 Å². The number of benzene rings is 1. The Morgan fingerprint density at radius 2 is 1.81 bits per heavy atom. The molecular weight excluding hydrogens is 557 g/mol. The van der Waals surface area contributed by atoms with Gasteiger partial charge in [0.2, 0.25) is 5.91 Å². The number of nitrogens with zero attached hydrogens (tertiary/aromatic N) is 1. The fourth-order valence-electron chi connectivity index (χ4n) is 9.58. The quantitative estimate of drug-likeness (QED) is 0.366. The van der Waals surface area contributed by atoms with Gasteiger partial charge < -0.3 is 21.3 Å². The molecule has 0 saturated heterocycles. The average Bonchev–Trinajstić information content (AvgIpc) is 3.25. The first-order valence-corrected chi connectivity index (χ1v) is 15.1. The van der Waals surface area contributed by atoms with Crippen LogP contribution < -0.4 is 11.1 Å². The van der Waals surface area contributed by atoms with Crippen molar-refractivity contribution in [3.8, 4) is 5.75 Å². The number of hydrogen-bond acceptors (Lipinski definition) is 9. The van der Waals surface area contributed by atoms with Crippen molar-refractivity contribution in [3.05, 3.63) is 28.6 Å². The fraction of sp³-hybridized carbons (Fsp3) is 0.656. The van der Waals surface area contributed by atoms with Crippen LogP contribution in [0.15, 0.2) is 6.07 Å². The van der Waals surface area contributed by atoms with Gasteiger partial charge in [-0.1, -0.05) is 20.8 Å². The van der Waals surface area contributed by atoms with Crippen molar-refractivity contribution in [1.29, 1.82) is 0 Å². The van der Waals surface area contributed by atoms with E-state index in [1.54, 1.807) is 0 Å². The van der Waals surface area contributed by atoms with E-state index in [0.717, 1.165) is 12.8 Å². The Kier molecular flexibility index (Phi) is 6.63. The van der Waals surface area contributed by atoms with Crippen molar-refractivity contribution in [1.82, 2.24) is 10.2 Å². The number of hydrogen-bond donors (Lipinski definition) is 4. The van der Waals surface area contributed by atoms with Crippen LogP contribution in [0.1, 0.15) is 67.9 Å². The van der Waals surface area contributed by atoms with Crippen LogP contribution in [-0.4, -0.2) is 75.9 Å². The van der Waals surface area contributed by atoms with E-state index in [0.29, 0.717) is 5.92 Å². The van der Waals surface area contributed by atoms with E-state index in [2.05, 4.69) is 26.1 Å². The molecule has 4 saturated carbocycles. The Bertz CT molecular complexity index is 1490. The number of rotatable bonds is 5. The Balaban J connectivity index is 1.34. The number of Topliss-reactive ketones (excluding diaryl/α,β-unsaturated/α-hetero) is 4. The number of likely N-dealkylation sites (N-methyl/N-ethyl adjacent to an activating group) is 1. The molecule has 0 aromatic heterocycles. The summed E-state index contributed by atoms with van der Waals surface area (Å²) < 4.78 is 16.1. The summed E-state index contributed by atoms with van der Waals surface area (Å²) in [4.78, 5) is 67.8. The number of primary amides is 1. The highest BCUT2D eigenvalue weighted by molar-refractivity contribution is 6.32. The van der Waals surface area contributed by atoms with Crippen LogP contribution in [0.3, 0.4) is 0 Å². The maximum Gasteiger partial charge on any atom is 0.235 e. The smallest absolute Gasteiger partial charge is 0.235 e. The van der Waals surface area contributed by atoms with Gasteiger partial charge in [0.15, 0.2) is 34.7 Å². The average molecular weight is 598 g/mol. The molecule has 2 bridgehead atoms. The molecule has 0 aliphatic heterocycles. The molecule has 11 heteroatoms. The van der Waals surface area contributed by atoms with E-state index in [4.69, 9.17) is 5.73 Å². The maximum absolute atomic E-state index is 16.1. The Labute approximate surface area is 249 Å². The lowest BCUT2D eigenvalue weighted by Gasteiger charge is -2.52. The number of phenols is 1. The Morgan fingerprint density at radius 3 is 2.37 bits per heavy atom. The maximum atomic E-state index is 16.1. The number of aromatic hydroxyl groups is 1. The zero-order chi connectivity index (χ0) is 31.5. The molecule has 5 aliphatic rings. The Morgan fingerprint density at radius 1 is 1.14 bits per heavy atom. The minimum atomic E-state index is -2.81. The van der Waals surface area contributed by atoms with Crippen LogP contribution in [0, 0.1) is 46.2 Å². The van der Waals surface area contributed by atoms with Gasteiger partial charge in [0.05, 0.1) is 17.5 Å². The lowest BCUT2D eigenvalue weighted by Crippen LogP contribution is -2.74. The first kappa shape index (κ1) is 30.0. The molecule has 1 amide bonds. The molecule has 1 aromatic rings. The van der Waals surface area contributed by atoms with Gasteiger partial charge >= 0.3 is 0 Å². The molecule has 9 atom stereocenters. The molecule has 43 heavy (non-hydrogen) atoms. The van der Waals surface area contributed by atoms with E-state index >= 15 is 4.39 Å². The number of carbonyl (C=O) groups is 5. The summed E-state index contributed by atoms with van der Waals surface area (Å²) in [5.74, 6) is -11.7. The highest BCUT2D eigenvalue weighted by atomic mass is 19.1. The van der Waals surface area contributed by atoms with Gasteiger partial charge in [0.25, 0.3) is 0 Å². The van der Waals surface area contributed by atoms with Crippen LogP contribution in [0.25, 0.3) is 0 Å². The predicted molar refractivity (Wildman–Crippen MR) is 151 cm³/mol. The van der Waals surface area contributed by atoms with E-state index < -0.39 is 75.9 Å². The minimum Gasteiger partial charge on any atom is -0.507 e. The zero-order valence-electron chi connectivity index (χ0n) is 25.2. The predicted octanol–water partition coefficient (Wildman–Crippen LogP) is 1.31. The Hall–Kier alpha value is -3.02. The zero-order valence-corrected chi connectivity index (χ0v) is 25.2. The molecule has 4 unspecified atom stereocenters. The van der Waals surface area contributed by atoms with Crippen LogP contribution in [0.2, 0.25) is 0 Å². The van der Waals surface area contributed by atoms with Gasteiger partial charge in [-0.25, -0.2) is 4.39 Å². The van der Waals surface area contributed by atoms with Crippen molar-refractivity contribution >= 4 is 29.0 Å². The molecule has 1 aromatic carbocycles. The summed E-state index contributed by atoms with van der Waals surface area (Å²) in [6.07, 6.45) is 3.01. The third-order valence-electron chi connectivity index (χ3n) is 12.4. The summed E-state index contributed by atoms with van der Waals surface area (Å²) >= 11 is 0. The number of aliphatic hydroxyl groups is 1. The van der Waals surface area contributed by atoms with E-state index in [-0.39, 0.29) is 52.9 Å². The van der Waals surface area contributed by atoms with Gasteiger partial charge in [0, 0.05) is 29.6 Å².